The SMILES string of the molecule is Cc1cc(C(F)(F)F)ccc1C1=CC(=O)CC(C)(C)C1. The molecule has 0 radical (unpaired) electrons. The van der Waals surface area contributed by atoms with E-state index in [0.717, 1.165) is 23.3 Å². The van der Waals surface area contributed by atoms with E-state index in [1.165, 1.54) is 6.07 Å². The van der Waals surface area contributed by atoms with Crippen molar-refractivity contribution in [2.24, 2.45) is 5.41 Å². The van der Waals surface area contributed by atoms with E-state index in [-0.39, 0.29) is 11.2 Å². The third-order valence-corrected chi connectivity index (χ3v) is 3.56. The van der Waals surface area contributed by atoms with Gasteiger partial charge >= 0.3 is 6.18 Å². The van der Waals surface area contributed by atoms with Crippen molar-refractivity contribution in [1.29, 1.82) is 0 Å². The van der Waals surface area contributed by atoms with Crippen LogP contribution in [0.1, 0.15) is 43.4 Å². The van der Waals surface area contributed by atoms with Crippen LogP contribution in [0.25, 0.3) is 5.57 Å². The lowest BCUT2D eigenvalue weighted by Gasteiger charge is -2.29. The van der Waals surface area contributed by atoms with E-state index in [2.05, 4.69) is 0 Å². The molecule has 0 spiro atoms. The third kappa shape index (κ3) is 3.11. The van der Waals surface area contributed by atoms with Crippen molar-refractivity contribution in [3.63, 3.8) is 0 Å². The quantitative estimate of drug-likeness (QED) is 0.724. The molecule has 1 nitrogen and oxygen atoms in total. The minimum Gasteiger partial charge on any atom is -0.295 e. The number of aryl methyl sites for hydroxylation is 1. The Hall–Kier alpha value is -1.58. The highest BCUT2D eigenvalue weighted by Crippen LogP contribution is 2.40. The first kappa shape index (κ1) is 14.8. The first-order valence-corrected chi connectivity index (χ1v) is 6.50. The molecule has 1 aromatic carbocycles. The number of halogens is 3. The van der Waals surface area contributed by atoms with Gasteiger partial charge in [0.1, 0.15) is 0 Å². The molecule has 0 aliphatic heterocycles. The normalized spacial score (nSPS) is 18.9. The summed E-state index contributed by atoms with van der Waals surface area (Å²) in [5.41, 5.74) is 1.32. The third-order valence-electron chi connectivity index (χ3n) is 3.56. The molecule has 4 heteroatoms. The fourth-order valence-corrected chi connectivity index (χ4v) is 2.72. The molecule has 2 rings (SSSR count). The van der Waals surface area contributed by atoms with Crippen LogP contribution >= 0.6 is 0 Å². The standard InChI is InChI=1S/C16H17F3O/c1-10-6-12(16(17,18)19)4-5-14(10)11-7-13(20)9-15(2,3)8-11/h4-7H,8-9H2,1-3H3. The lowest BCUT2D eigenvalue weighted by Crippen LogP contribution is -2.21. The van der Waals surface area contributed by atoms with Crippen LogP contribution in [0.3, 0.4) is 0 Å². The lowest BCUT2D eigenvalue weighted by molar-refractivity contribution is -0.137. The molecule has 0 heterocycles. The number of allylic oxidation sites excluding steroid dienone is 2. The summed E-state index contributed by atoms with van der Waals surface area (Å²) in [4.78, 5) is 11.7. The van der Waals surface area contributed by atoms with Gasteiger partial charge in [0.25, 0.3) is 0 Å². The molecule has 0 saturated carbocycles. The van der Waals surface area contributed by atoms with Gasteiger partial charge in [-0.3, -0.25) is 4.79 Å². The number of hydrogen-bond donors (Lipinski definition) is 0. The second-order valence-corrected chi connectivity index (χ2v) is 6.18. The Morgan fingerprint density at radius 3 is 2.30 bits per heavy atom. The molecule has 0 unspecified atom stereocenters. The highest BCUT2D eigenvalue weighted by atomic mass is 19.4. The number of ketones is 1. The van der Waals surface area contributed by atoms with Crippen molar-refractivity contribution < 1.29 is 18.0 Å². The van der Waals surface area contributed by atoms with E-state index in [1.54, 1.807) is 13.0 Å². The van der Waals surface area contributed by atoms with Crippen molar-refractivity contribution in [2.45, 2.75) is 39.8 Å². The molecule has 1 aliphatic rings. The lowest BCUT2D eigenvalue weighted by atomic mass is 9.74. The minimum atomic E-state index is -4.33. The average Bonchev–Trinajstić information content (AvgIpc) is 2.24. The van der Waals surface area contributed by atoms with E-state index >= 15 is 0 Å². The molecule has 20 heavy (non-hydrogen) atoms. The van der Waals surface area contributed by atoms with E-state index in [9.17, 15) is 18.0 Å². The zero-order valence-electron chi connectivity index (χ0n) is 11.8. The van der Waals surface area contributed by atoms with Crippen molar-refractivity contribution in [3.05, 3.63) is 41.0 Å². The van der Waals surface area contributed by atoms with Gasteiger partial charge in [0.05, 0.1) is 5.56 Å². The fraction of sp³-hybridized carbons (Fsp3) is 0.438. The van der Waals surface area contributed by atoms with Crippen LogP contribution in [0.5, 0.6) is 0 Å². The van der Waals surface area contributed by atoms with Crippen molar-refractivity contribution >= 4 is 11.4 Å². The van der Waals surface area contributed by atoms with Gasteiger partial charge in [0.2, 0.25) is 0 Å². The van der Waals surface area contributed by atoms with Crippen LogP contribution in [0.2, 0.25) is 0 Å². The molecule has 0 N–H and O–H groups in total. The Morgan fingerprint density at radius 2 is 1.80 bits per heavy atom. The minimum absolute atomic E-state index is 0.0375. The maximum absolute atomic E-state index is 12.7. The van der Waals surface area contributed by atoms with Crippen molar-refractivity contribution in [2.75, 3.05) is 0 Å². The molecule has 0 saturated heterocycles. The molecule has 0 amide bonds. The van der Waals surface area contributed by atoms with Gasteiger partial charge in [-0.05, 0) is 53.7 Å². The van der Waals surface area contributed by atoms with Crippen LogP contribution in [0.15, 0.2) is 24.3 Å². The number of benzene rings is 1. The number of rotatable bonds is 1. The van der Waals surface area contributed by atoms with Gasteiger partial charge in [-0.25, -0.2) is 0 Å². The first-order chi connectivity index (χ1) is 9.08. The van der Waals surface area contributed by atoms with E-state index in [0.29, 0.717) is 18.4 Å². The molecule has 1 aliphatic carbocycles. The van der Waals surface area contributed by atoms with Crippen LogP contribution in [-0.2, 0) is 11.0 Å². The van der Waals surface area contributed by atoms with Gasteiger partial charge < -0.3 is 0 Å². The van der Waals surface area contributed by atoms with E-state index < -0.39 is 11.7 Å². The molecule has 0 aromatic heterocycles. The summed E-state index contributed by atoms with van der Waals surface area (Å²) < 4.78 is 38.0. The van der Waals surface area contributed by atoms with Gasteiger partial charge in [0.15, 0.2) is 5.78 Å². The van der Waals surface area contributed by atoms with Crippen LogP contribution in [0.4, 0.5) is 13.2 Å². The maximum Gasteiger partial charge on any atom is 0.416 e. The summed E-state index contributed by atoms with van der Waals surface area (Å²) in [7, 11) is 0. The van der Waals surface area contributed by atoms with E-state index in [4.69, 9.17) is 0 Å². The van der Waals surface area contributed by atoms with Gasteiger partial charge in [-0.15, -0.1) is 0 Å². The summed E-state index contributed by atoms with van der Waals surface area (Å²) in [6.07, 6.45) is -1.58. The smallest absolute Gasteiger partial charge is 0.295 e. The second-order valence-electron chi connectivity index (χ2n) is 6.18. The summed E-state index contributed by atoms with van der Waals surface area (Å²) in [5, 5.41) is 0. The molecule has 108 valence electrons. The predicted molar refractivity (Wildman–Crippen MR) is 72.2 cm³/mol. The Morgan fingerprint density at radius 1 is 1.15 bits per heavy atom. The summed E-state index contributed by atoms with van der Waals surface area (Å²) in [5.74, 6) is 0.0375. The van der Waals surface area contributed by atoms with Gasteiger partial charge in [0, 0.05) is 6.42 Å². The highest BCUT2D eigenvalue weighted by molar-refractivity contribution is 5.99. The molecule has 0 bridgehead atoms. The second kappa shape index (κ2) is 4.76. The predicted octanol–water partition coefficient (Wildman–Crippen LogP) is 4.79. The zero-order chi connectivity index (χ0) is 15.1. The topological polar surface area (TPSA) is 17.1 Å². The molecular weight excluding hydrogens is 265 g/mol. The Labute approximate surface area is 116 Å². The zero-order valence-corrected chi connectivity index (χ0v) is 11.8. The molecule has 0 atom stereocenters. The van der Waals surface area contributed by atoms with Crippen LogP contribution in [0, 0.1) is 12.3 Å². The van der Waals surface area contributed by atoms with E-state index in [1.807, 2.05) is 13.8 Å². The van der Waals surface area contributed by atoms with Crippen molar-refractivity contribution in [1.82, 2.24) is 0 Å². The Kier molecular flexibility index (Phi) is 3.53. The first-order valence-electron chi connectivity index (χ1n) is 6.50. The number of carbonyl (C=O) groups excluding carboxylic acids is 1. The maximum atomic E-state index is 12.7. The number of hydrogen-bond acceptors (Lipinski definition) is 1. The van der Waals surface area contributed by atoms with Crippen molar-refractivity contribution in [3.8, 4) is 0 Å². The summed E-state index contributed by atoms with van der Waals surface area (Å²) in [6, 6.07) is 3.69. The summed E-state index contributed by atoms with van der Waals surface area (Å²) in [6.45, 7) is 5.64. The largest absolute Gasteiger partial charge is 0.416 e. The van der Waals surface area contributed by atoms with Crippen LogP contribution < -0.4 is 0 Å². The van der Waals surface area contributed by atoms with Gasteiger partial charge in [-0.1, -0.05) is 19.9 Å². The molecule has 1 aromatic rings. The monoisotopic (exact) mass is 282 g/mol. The average molecular weight is 282 g/mol. The Bertz CT molecular complexity index is 580. The number of carbonyl (C=O) groups is 1. The fourth-order valence-electron chi connectivity index (χ4n) is 2.72. The van der Waals surface area contributed by atoms with Gasteiger partial charge in [-0.2, -0.15) is 13.2 Å². The Balaban J connectivity index is 2.42. The van der Waals surface area contributed by atoms with Crippen LogP contribution in [-0.4, -0.2) is 5.78 Å². The highest BCUT2D eigenvalue weighted by Gasteiger charge is 2.32. The molecular formula is C16H17F3O. The summed E-state index contributed by atoms with van der Waals surface area (Å²) >= 11 is 0. The number of alkyl halides is 3. The molecule has 0 fully saturated rings.